The van der Waals surface area contributed by atoms with E-state index in [1.807, 2.05) is 42.5 Å². The fraction of sp³-hybridized carbons (Fsp3) is 0.250. The molecule has 0 aromatic heterocycles. The van der Waals surface area contributed by atoms with Gasteiger partial charge in [-0.25, -0.2) is 0 Å². The molecule has 20 heavy (non-hydrogen) atoms. The molecule has 106 valence electrons. The quantitative estimate of drug-likeness (QED) is 0.903. The first kappa shape index (κ1) is 14.9. The molecule has 0 aliphatic carbocycles. The lowest BCUT2D eigenvalue weighted by atomic mass is 10.0. The van der Waals surface area contributed by atoms with Crippen molar-refractivity contribution in [2.45, 2.75) is 12.5 Å². The highest BCUT2D eigenvalue weighted by atomic mass is 79.9. The molecule has 2 aromatic rings. The van der Waals surface area contributed by atoms with Crippen LogP contribution < -0.4 is 9.47 Å². The van der Waals surface area contributed by atoms with E-state index in [0.717, 1.165) is 27.1 Å². The number of aliphatic hydroxyl groups excluding tert-OH is 1. The van der Waals surface area contributed by atoms with E-state index in [0.29, 0.717) is 6.42 Å². The molecule has 1 N–H and O–H groups in total. The van der Waals surface area contributed by atoms with Crippen molar-refractivity contribution in [2.24, 2.45) is 0 Å². The number of aliphatic hydroxyl groups is 1. The minimum Gasteiger partial charge on any atom is -0.497 e. The Labute approximate surface area is 127 Å². The molecule has 3 nitrogen and oxygen atoms in total. The van der Waals surface area contributed by atoms with Gasteiger partial charge < -0.3 is 14.6 Å². The Morgan fingerprint density at radius 1 is 1.00 bits per heavy atom. The van der Waals surface area contributed by atoms with Gasteiger partial charge in [0.15, 0.2) is 0 Å². The lowest BCUT2D eigenvalue weighted by Gasteiger charge is -2.14. The molecular formula is C16H17BrO3. The molecular weight excluding hydrogens is 320 g/mol. The van der Waals surface area contributed by atoms with Crippen LogP contribution in [-0.4, -0.2) is 19.3 Å². The topological polar surface area (TPSA) is 38.7 Å². The molecule has 0 aliphatic rings. The van der Waals surface area contributed by atoms with Crippen LogP contribution in [0.4, 0.5) is 0 Å². The van der Waals surface area contributed by atoms with Crippen molar-refractivity contribution >= 4 is 15.9 Å². The average molecular weight is 337 g/mol. The molecule has 2 aromatic carbocycles. The van der Waals surface area contributed by atoms with E-state index in [-0.39, 0.29) is 0 Å². The predicted molar refractivity (Wildman–Crippen MR) is 82.4 cm³/mol. The van der Waals surface area contributed by atoms with E-state index in [1.165, 1.54) is 0 Å². The molecule has 0 spiro atoms. The summed E-state index contributed by atoms with van der Waals surface area (Å²) < 4.78 is 11.3. The Morgan fingerprint density at radius 2 is 1.60 bits per heavy atom. The van der Waals surface area contributed by atoms with Crippen molar-refractivity contribution in [1.29, 1.82) is 0 Å². The predicted octanol–water partition coefficient (Wildman–Crippen LogP) is 3.74. The number of hydrogen-bond acceptors (Lipinski definition) is 3. The van der Waals surface area contributed by atoms with E-state index in [2.05, 4.69) is 15.9 Å². The Balaban J connectivity index is 2.15. The first-order valence-electron chi connectivity index (χ1n) is 6.28. The normalized spacial score (nSPS) is 12.0. The molecule has 0 bridgehead atoms. The van der Waals surface area contributed by atoms with Crippen LogP contribution in [0, 0.1) is 0 Å². The van der Waals surface area contributed by atoms with Crippen LogP contribution in [0.1, 0.15) is 17.2 Å². The van der Waals surface area contributed by atoms with E-state index >= 15 is 0 Å². The minimum atomic E-state index is -0.565. The second-order valence-electron chi connectivity index (χ2n) is 4.45. The molecule has 2 rings (SSSR count). The van der Waals surface area contributed by atoms with Gasteiger partial charge in [-0.3, -0.25) is 0 Å². The molecule has 0 amide bonds. The molecule has 0 saturated carbocycles. The molecule has 0 fully saturated rings. The van der Waals surface area contributed by atoms with Crippen molar-refractivity contribution < 1.29 is 14.6 Å². The van der Waals surface area contributed by atoms with Crippen molar-refractivity contribution in [3.8, 4) is 11.5 Å². The highest BCUT2D eigenvalue weighted by Crippen LogP contribution is 2.28. The number of halogens is 1. The van der Waals surface area contributed by atoms with Gasteiger partial charge in [-0.05, 0) is 41.5 Å². The van der Waals surface area contributed by atoms with Crippen LogP contribution in [0.3, 0.4) is 0 Å². The standard InChI is InChI=1S/C16H17BrO3/c1-19-13-5-3-11(4-6-13)16(18)10-12-9-14(20-2)7-8-15(12)17/h3-9,16,18H,10H2,1-2H3/t16-/m0/s1. The number of ether oxygens (including phenoxy) is 2. The maximum Gasteiger partial charge on any atom is 0.119 e. The van der Waals surface area contributed by atoms with Gasteiger partial charge in [0.2, 0.25) is 0 Å². The summed E-state index contributed by atoms with van der Waals surface area (Å²) in [5.41, 5.74) is 1.87. The van der Waals surface area contributed by atoms with Crippen LogP contribution in [0.5, 0.6) is 11.5 Å². The fourth-order valence-electron chi connectivity index (χ4n) is 1.99. The minimum absolute atomic E-state index is 0.518. The van der Waals surface area contributed by atoms with Crippen LogP contribution in [-0.2, 0) is 6.42 Å². The number of benzene rings is 2. The van der Waals surface area contributed by atoms with Gasteiger partial charge in [-0.15, -0.1) is 0 Å². The van der Waals surface area contributed by atoms with Crippen molar-refractivity contribution in [1.82, 2.24) is 0 Å². The third kappa shape index (κ3) is 3.52. The summed E-state index contributed by atoms with van der Waals surface area (Å²) >= 11 is 3.50. The van der Waals surface area contributed by atoms with Crippen molar-refractivity contribution in [3.05, 3.63) is 58.1 Å². The van der Waals surface area contributed by atoms with E-state index in [1.54, 1.807) is 14.2 Å². The summed E-state index contributed by atoms with van der Waals surface area (Å²) in [5, 5.41) is 10.3. The van der Waals surface area contributed by atoms with Gasteiger partial charge in [0.05, 0.1) is 20.3 Å². The summed E-state index contributed by atoms with van der Waals surface area (Å²) in [4.78, 5) is 0. The lowest BCUT2D eigenvalue weighted by Crippen LogP contribution is -2.02. The maximum absolute atomic E-state index is 10.3. The highest BCUT2D eigenvalue weighted by molar-refractivity contribution is 9.10. The van der Waals surface area contributed by atoms with Gasteiger partial charge in [0, 0.05) is 10.9 Å². The van der Waals surface area contributed by atoms with Crippen LogP contribution in [0.2, 0.25) is 0 Å². The average Bonchev–Trinajstić information content (AvgIpc) is 2.49. The smallest absolute Gasteiger partial charge is 0.119 e. The zero-order valence-corrected chi connectivity index (χ0v) is 13.1. The van der Waals surface area contributed by atoms with Gasteiger partial charge in [0.1, 0.15) is 11.5 Å². The van der Waals surface area contributed by atoms with Crippen LogP contribution in [0.15, 0.2) is 46.9 Å². The van der Waals surface area contributed by atoms with Crippen molar-refractivity contribution in [2.75, 3.05) is 14.2 Å². The van der Waals surface area contributed by atoms with Crippen LogP contribution >= 0.6 is 15.9 Å². The molecule has 4 heteroatoms. The second-order valence-corrected chi connectivity index (χ2v) is 5.30. The largest absolute Gasteiger partial charge is 0.497 e. The zero-order chi connectivity index (χ0) is 14.5. The van der Waals surface area contributed by atoms with Gasteiger partial charge in [-0.2, -0.15) is 0 Å². The number of rotatable bonds is 5. The summed E-state index contributed by atoms with van der Waals surface area (Å²) in [5.74, 6) is 1.56. The third-order valence-corrected chi connectivity index (χ3v) is 3.94. The van der Waals surface area contributed by atoms with Crippen LogP contribution in [0.25, 0.3) is 0 Å². The molecule has 1 atom stereocenters. The summed E-state index contributed by atoms with van der Waals surface area (Å²) in [6.07, 6.45) is -0.0475. The van der Waals surface area contributed by atoms with E-state index in [9.17, 15) is 5.11 Å². The number of methoxy groups -OCH3 is 2. The molecule has 0 saturated heterocycles. The zero-order valence-electron chi connectivity index (χ0n) is 11.5. The van der Waals surface area contributed by atoms with E-state index < -0.39 is 6.10 Å². The first-order valence-corrected chi connectivity index (χ1v) is 7.07. The number of hydrogen-bond donors (Lipinski definition) is 1. The van der Waals surface area contributed by atoms with Gasteiger partial charge in [0.25, 0.3) is 0 Å². The lowest BCUT2D eigenvalue weighted by molar-refractivity contribution is 0.178. The Kier molecular flexibility index (Phi) is 5.04. The molecule has 0 aliphatic heterocycles. The van der Waals surface area contributed by atoms with Gasteiger partial charge >= 0.3 is 0 Å². The summed E-state index contributed by atoms with van der Waals surface area (Å²) in [7, 11) is 3.26. The third-order valence-electron chi connectivity index (χ3n) is 3.17. The highest BCUT2D eigenvalue weighted by Gasteiger charge is 2.11. The summed E-state index contributed by atoms with van der Waals surface area (Å²) in [6.45, 7) is 0. The maximum atomic E-state index is 10.3. The van der Waals surface area contributed by atoms with Gasteiger partial charge in [-0.1, -0.05) is 28.1 Å². The fourth-order valence-corrected chi connectivity index (χ4v) is 2.40. The summed E-state index contributed by atoms with van der Waals surface area (Å²) in [6, 6.07) is 13.2. The van der Waals surface area contributed by atoms with Crippen molar-refractivity contribution in [3.63, 3.8) is 0 Å². The Bertz CT molecular complexity index is 566. The first-order chi connectivity index (χ1) is 9.63. The second kappa shape index (κ2) is 6.77. The molecule has 0 heterocycles. The molecule has 0 unspecified atom stereocenters. The Hall–Kier alpha value is -1.52. The molecule has 0 radical (unpaired) electrons. The monoisotopic (exact) mass is 336 g/mol. The van der Waals surface area contributed by atoms with E-state index in [4.69, 9.17) is 9.47 Å². The Morgan fingerprint density at radius 3 is 2.20 bits per heavy atom. The SMILES string of the molecule is COc1ccc([C@@H](O)Cc2cc(OC)ccc2Br)cc1.